The van der Waals surface area contributed by atoms with Crippen LogP contribution in [-0.2, 0) is 11.2 Å². The largest absolute Gasteiger partial charge is 0.366 e. The van der Waals surface area contributed by atoms with Gasteiger partial charge >= 0.3 is 0 Å². The summed E-state index contributed by atoms with van der Waals surface area (Å²) in [6.45, 7) is 0. The fourth-order valence-corrected chi connectivity index (χ4v) is 3.25. The highest BCUT2D eigenvalue weighted by atomic mass is 32.1. The molecule has 0 aliphatic rings. The van der Waals surface area contributed by atoms with Gasteiger partial charge in [0, 0.05) is 18.0 Å². The average Bonchev–Trinajstić information content (AvgIpc) is 3.14. The molecule has 3 aromatic rings. The number of nitrogens with two attached hydrogens (primary N) is 1. The standard InChI is InChI=1S/C19H17N5O4S/c20-16(26)12-4-1-2-6-14(12)23-15(25)8-7-11-10-29-19(22-11)24-18(28)13-5-3-9-21-17(13)27/h1-6,9-10H,7-8H2,(H2,20,26)(H,21,27)(H,23,25)(H,22,24,28). The van der Waals surface area contributed by atoms with Gasteiger partial charge in [0.25, 0.3) is 17.4 Å². The van der Waals surface area contributed by atoms with Gasteiger partial charge in [0.15, 0.2) is 5.13 Å². The smallest absolute Gasteiger partial charge is 0.263 e. The third-order valence-corrected chi connectivity index (χ3v) is 4.72. The van der Waals surface area contributed by atoms with E-state index in [4.69, 9.17) is 5.73 Å². The number of anilines is 2. The van der Waals surface area contributed by atoms with Crippen LogP contribution in [0.3, 0.4) is 0 Å². The van der Waals surface area contributed by atoms with E-state index >= 15 is 0 Å². The SMILES string of the molecule is NC(=O)c1ccccc1NC(=O)CCc1csc(NC(=O)c2ccc[nH]c2=O)n1. The molecule has 0 fully saturated rings. The van der Waals surface area contributed by atoms with E-state index in [1.165, 1.54) is 29.7 Å². The summed E-state index contributed by atoms with van der Waals surface area (Å²) in [6.07, 6.45) is 1.90. The molecule has 0 bridgehead atoms. The number of hydrogen-bond acceptors (Lipinski definition) is 6. The minimum Gasteiger partial charge on any atom is -0.366 e. The Hall–Kier alpha value is -3.79. The minimum atomic E-state index is -0.627. The summed E-state index contributed by atoms with van der Waals surface area (Å²) in [5.41, 5.74) is 5.99. The van der Waals surface area contributed by atoms with Gasteiger partial charge in [0.1, 0.15) is 5.56 Å². The van der Waals surface area contributed by atoms with E-state index < -0.39 is 17.4 Å². The Kier molecular flexibility index (Phi) is 6.15. The molecule has 2 aromatic heterocycles. The Morgan fingerprint density at radius 3 is 2.59 bits per heavy atom. The summed E-state index contributed by atoms with van der Waals surface area (Å²) >= 11 is 1.19. The molecule has 0 aliphatic heterocycles. The minimum absolute atomic E-state index is 0.0169. The number of pyridine rings is 1. The highest BCUT2D eigenvalue weighted by Gasteiger charge is 2.14. The highest BCUT2D eigenvalue weighted by molar-refractivity contribution is 7.14. The summed E-state index contributed by atoms with van der Waals surface area (Å²) < 4.78 is 0. The fourth-order valence-electron chi connectivity index (χ4n) is 2.51. The van der Waals surface area contributed by atoms with E-state index in [0.29, 0.717) is 22.9 Å². The van der Waals surface area contributed by atoms with Crippen molar-refractivity contribution in [2.24, 2.45) is 5.73 Å². The van der Waals surface area contributed by atoms with E-state index in [0.717, 1.165) is 0 Å². The number of rotatable bonds is 7. The number of nitrogens with zero attached hydrogens (tertiary/aromatic N) is 1. The molecule has 0 saturated heterocycles. The third kappa shape index (κ3) is 5.14. The lowest BCUT2D eigenvalue weighted by molar-refractivity contribution is -0.116. The van der Waals surface area contributed by atoms with E-state index in [9.17, 15) is 19.2 Å². The van der Waals surface area contributed by atoms with E-state index in [1.54, 1.807) is 29.6 Å². The number of aromatic nitrogens is 2. The van der Waals surface area contributed by atoms with Gasteiger partial charge < -0.3 is 16.0 Å². The number of aromatic amines is 1. The van der Waals surface area contributed by atoms with E-state index in [2.05, 4.69) is 20.6 Å². The van der Waals surface area contributed by atoms with Gasteiger partial charge in [0.2, 0.25) is 5.91 Å². The van der Waals surface area contributed by atoms with Gasteiger partial charge in [-0.15, -0.1) is 11.3 Å². The predicted octanol–water partition coefficient (Wildman–Crippen LogP) is 1.75. The summed E-state index contributed by atoms with van der Waals surface area (Å²) in [5, 5.41) is 7.26. The monoisotopic (exact) mass is 411 g/mol. The van der Waals surface area contributed by atoms with Crippen molar-refractivity contribution in [3.63, 3.8) is 0 Å². The molecule has 2 heterocycles. The lowest BCUT2D eigenvalue weighted by atomic mass is 10.1. The number of para-hydroxylation sites is 1. The number of amides is 3. The molecule has 0 atom stereocenters. The van der Waals surface area contributed by atoms with Gasteiger partial charge in [0.05, 0.1) is 16.9 Å². The first-order valence-corrected chi connectivity index (χ1v) is 9.44. The highest BCUT2D eigenvalue weighted by Crippen LogP contribution is 2.18. The molecule has 0 unspecified atom stereocenters. The number of carbonyl (C=O) groups excluding carboxylic acids is 3. The zero-order chi connectivity index (χ0) is 20.8. The molecule has 148 valence electrons. The zero-order valence-corrected chi connectivity index (χ0v) is 15.9. The van der Waals surface area contributed by atoms with Crippen molar-refractivity contribution in [2.75, 3.05) is 10.6 Å². The Morgan fingerprint density at radius 2 is 1.83 bits per heavy atom. The van der Waals surface area contributed by atoms with Crippen LogP contribution >= 0.6 is 11.3 Å². The van der Waals surface area contributed by atoms with Crippen LogP contribution < -0.4 is 21.9 Å². The molecule has 3 amide bonds. The van der Waals surface area contributed by atoms with E-state index in [1.807, 2.05) is 0 Å². The fraction of sp³-hybridized carbons (Fsp3) is 0.105. The summed E-state index contributed by atoms with van der Waals surface area (Å²) in [4.78, 5) is 54.0. The summed E-state index contributed by atoms with van der Waals surface area (Å²) in [5.74, 6) is -1.49. The van der Waals surface area contributed by atoms with Crippen molar-refractivity contribution in [1.29, 1.82) is 0 Å². The topological polar surface area (TPSA) is 147 Å². The van der Waals surface area contributed by atoms with Crippen molar-refractivity contribution in [2.45, 2.75) is 12.8 Å². The van der Waals surface area contributed by atoms with Crippen molar-refractivity contribution in [3.8, 4) is 0 Å². The lowest BCUT2D eigenvalue weighted by Gasteiger charge is -2.08. The zero-order valence-electron chi connectivity index (χ0n) is 15.1. The quantitative estimate of drug-likeness (QED) is 0.468. The van der Waals surface area contributed by atoms with Crippen LogP contribution in [0.2, 0.25) is 0 Å². The predicted molar refractivity (Wildman–Crippen MR) is 109 cm³/mol. The van der Waals surface area contributed by atoms with Gasteiger partial charge in [-0.3, -0.25) is 24.5 Å². The first kappa shape index (κ1) is 20.0. The average molecular weight is 411 g/mol. The summed E-state index contributed by atoms with van der Waals surface area (Å²) in [7, 11) is 0. The van der Waals surface area contributed by atoms with Crippen LogP contribution in [0.15, 0.2) is 52.8 Å². The summed E-state index contributed by atoms with van der Waals surface area (Å²) in [6, 6.07) is 9.44. The molecule has 0 spiro atoms. The Bertz CT molecular complexity index is 1120. The van der Waals surface area contributed by atoms with E-state index in [-0.39, 0.29) is 23.5 Å². The Labute approximate surface area is 169 Å². The van der Waals surface area contributed by atoms with Gasteiger partial charge in [-0.05, 0) is 30.7 Å². The number of nitrogens with one attached hydrogen (secondary N) is 3. The molecule has 29 heavy (non-hydrogen) atoms. The molecular formula is C19H17N5O4S. The second-order valence-electron chi connectivity index (χ2n) is 5.97. The first-order chi connectivity index (χ1) is 13.9. The number of primary amides is 1. The maximum atomic E-state index is 12.2. The maximum Gasteiger partial charge on any atom is 0.263 e. The van der Waals surface area contributed by atoms with Gasteiger partial charge in [-0.25, -0.2) is 4.98 Å². The maximum absolute atomic E-state index is 12.2. The molecule has 0 radical (unpaired) electrons. The normalized spacial score (nSPS) is 10.3. The molecule has 0 saturated carbocycles. The molecule has 5 N–H and O–H groups in total. The molecular weight excluding hydrogens is 394 g/mol. The van der Waals surface area contributed by atoms with Crippen LogP contribution in [0, 0.1) is 0 Å². The third-order valence-electron chi connectivity index (χ3n) is 3.91. The molecule has 9 nitrogen and oxygen atoms in total. The Balaban J connectivity index is 1.56. The Morgan fingerprint density at radius 1 is 1.07 bits per heavy atom. The number of hydrogen-bond donors (Lipinski definition) is 4. The van der Waals surface area contributed by atoms with Crippen LogP contribution in [0.25, 0.3) is 0 Å². The van der Waals surface area contributed by atoms with Crippen molar-refractivity contribution >= 4 is 39.9 Å². The van der Waals surface area contributed by atoms with Crippen LogP contribution in [-0.4, -0.2) is 27.7 Å². The van der Waals surface area contributed by atoms with Crippen LogP contribution in [0.1, 0.15) is 32.8 Å². The molecule has 3 rings (SSSR count). The number of thiazole rings is 1. The first-order valence-electron chi connectivity index (χ1n) is 8.56. The van der Waals surface area contributed by atoms with Crippen molar-refractivity contribution < 1.29 is 14.4 Å². The van der Waals surface area contributed by atoms with Crippen LogP contribution in [0.4, 0.5) is 10.8 Å². The van der Waals surface area contributed by atoms with Crippen molar-refractivity contribution in [1.82, 2.24) is 9.97 Å². The number of benzene rings is 1. The second-order valence-corrected chi connectivity index (χ2v) is 6.83. The molecule has 10 heteroatoms. The van der Waals surface area contributed by atoms with Gasteiger partial charge in [-0.1, -0.05) is 12.1 Å². The number of aryl methyl sites for hydroxylation is 1. The number of H-pyrrole nitrogens is 1. The lowest BCUT2D eigenvalue weighted by Crippen LogP contribution is -2.22. The second kappa shape index (κ2) is 8.93. The van der Waals surface area contributed by atoms with Crippen LogP contribution in [0.5, 0.6) is 0 Å². The van der Waals surface area contributed by atoms with Gasteiger partial charge in [-0.2, -0.15) is 0 Å². The van der Waals surface area contributed by atoms with Crippen molar-refractivity contribution in [3.05, 3.63) is 75.1 Å². The molecule has 1 aromatic carbocycles. The number of carbonyl (C=O) groups is 3. The molecule has 0 aliphatic carbocycles.